The molecule has 1 amide bonds. The van der Waals surface area contributed by atoms with Gasteiger partial charge in [-0.2, -0.15) is 0 Å². The Hall–Kier alpha value is -2.85. The molecule has 4 heteroatoms. The number of benzene rings is 3. The Morgan fingerprint density at radius 3 is 2.48 bits per heavy atom. The van der Waals surface area contributed by atoms with Gasteiger partial charge in [0.1, 0.15) is 0 Å². The zero-order valence-electron chi connectivity index (χ0n) is 17.5. The largest absolute Gasteiger partial charge is 0.369 e. The molecule has 4 rings (SSSR count). The molecule has 1 atom stereocenters. The molecule has 0 aromatic heterocycles. The average molecular weight is 388 g/mol. The first kappa shape index (κ1) is 19.5. The van der Waals surface area contributed by atoms with Crippen LogP contribution in [0.3, 0.4) is 0 Å². The van der Waals surface area contributed by atoms with E-state index >= 15 is 0 Å². The second-order valence-electron chi connectivity index (χ2n) is 8.05. The van der Waals surface area contributed by atoms with Gasteiger partial charge in [0.2, 0.25) is 0 Å². The van der Waals surface area contributed by atoms with E-state index in [0.29, 0.717) is 0 Å². The van der Waals surface area contributed by atoms with E-state index in [4.69, 9.17) is 0 Å². The fourth-order valence-corrected chi connectivity index (χ4v) is 4.10. The number of carbonyl (C=O) groups is 1. The second-order valence-corrected chi connectivity index (χ2v) is 8.05. The van der Waals surface area contributed by atoms with Gasteiger partial charge in [0.25, 0.3) is 5.91 Å². The fourth-order valence-electron chi connectivity index (χ4n) is 4.10. The maximum atomic E-state index is 13.1. The van der Waals surface area contributed by atoms with Crippen LogP contribution in [-0.4, -0.2) is 44.0 Å². The molecule has 3 aromatic carbocycles. The molecule has 0 bridgehead atoms. The van der Waals surface area contributed by atoms with E-state index in [-0.39, 0.29) is 11.9 Å². The van der Waals surface area contributed by atoms with E-state index in [0.717, 1.165) is 48.6 Å². The molecule has 0 aliphatic carbocycles. The van der Waals surface area contributed by atoms with Gasteiger partial charge in [0.15, 0.2) is 0 Å². The lowest BCUT2D eigenvalue weighted by atomic mass is 9.99. The number of fused-ring (bicyclic) bond motifs is 1. The number of nitrogens with zero attached hydrogens (tertiary/aromatic N) is 2. The lowest BCUT2D eigenvalue weighted by Crippen LogP contribution is -2.44. The minimum Gasteiger partial charge on any atom is -0.369 e. The molecule has 1 heterocycles. The molecule has 1 N–H and O–H groups in total. The van der Waals surface area contributed by atoms with Gasteiger partial charge < -0.3 is 15.1 Å². The minimum atomic E-state index is -0.0692. The molecule has 0 unspecified atom stereocenters. The summed E-state index contributed by atoms with van der Waals surface area (Å²) < 4.78 is 0. The monoisotopic (exact) mass is 387 g/mol. The van der Waals surface area contributed by atoms with Crippen molar-refractivity contribution in [3.05, 3.63) is 77.4 Å². The first-order chi connectivity index (χ1) is 14.0. The van der Waals surface area contributed by atoms with Crippen molar-refractivity contribution in [2.45, 2.75) is 19.9 Å². The molecule has 1 fully saturated rings. The number of nitrogens with one attached hydrogen (secondary N) is 1. The van der Waals surface area contributed by atoms with Crippen molar-refractivity contribution < 1.29 is 4.79 Å². The third kappa shape index (κ3) is 4.13. The normalized spacial score (nSPS) is 16.0. The number of anilines is 1. The highest BCUT2D eigenvalue weighted by Crippen LogP contribution is 2.25. The van der Waals surface area contributed by atoms with Crippen molar-refractivity contribution >= 4 is 22.4 Å². The van der Waals surface area contributed by atoms with Crippen LogP contribution in [0.2, 0.25) is 0 Å². The highest BCUT2D eigenvalue weighted by molar-refractivity contribution is 5.97. The van der Waals surface area contributed by atoms with Crippen LogP contribution in [0.5, 0.6) is 0 Å². The van der Waals surface area contributed by atoms with E-state index in [2.05, 4.69) is 71.6 Å². The third-order valence-electron chi connectivity index (χ3n) is 5.97. The molecule has 1 saturated heterocycles. The Kier molecular flexibility index (Phi) is 5.54. The van der Waals surface area contributed by atoms with Gasteiger partial charge >= 0.3 is 0 Å². The Morgan fingerprint density at radius 1 is 0.966 bits per heavy atom. The summed E-state index contributed by atoms with van der Waals surface area (Å²) in [5, 5.41) is 5.60. The molecular formula is C25H29N3O. The van der Waals surface area contributed by atoms with E-state index in [1.165, 1.54) is 10.8 Å². The topological polar surface area (TPSA) is 35.6 Å². The van der Waals surface area contributed by atoms with E-state index in [1.54, 1.807) is 0 Å². The summed E-state index contributed by atoms with van der Waals surface area (Å²) in [5.74, 6) is -0.0149. The maximum Gasteiger partial charge on any atom is 0.252 e. The van der Waals surface area contributed by atoms with E-state index in [9.17, 15) is 4.79 Å². The number of rotatable bonds is 4. The SMILES string of the molecule is Cc1ccc(N2CCN(C)CC2)cc1C(=O)N[C@H](C)c1cccc2ccccc12. The van der Waals surface area contributed by atoms with Gasteiger partial charge in [-0.15, -0.1) is 0 Å². The van der Waals surface area contributed by atoms with Gasteiger partial charge in [-0.05, 0) is 54.9 Å². The van der Waals surface area contributed by atoms with Gasteiger partial charge in [0.05, 0.1) is 6.04 Å². The smallest absolute Gasteiger partial charge is 0.252 e. The zero-order chi connectivity index (χ0) is 20.4. The van der Waals surface area contributed by atoms with Crippen molar-refractivity contribution in [1.29, 1.82) is 0 Å². The zero-order valence-corrected chi connectivity index (χ0v) is 17.5. The van der Waals surface area contributed by atoms with Crippen LogP contribution >= 0.6 is 0 Å². The summed E-state index contributed by atoms with van der Waals surface area (Å²) in [7, 11) is 2.15. The summed E-state index contributed by atoms with van der Waals surface area (Å²) >= 11 is 0. The number of likely N-dealkylation sites (N-methyl/N-ethyl adjacent to an activating group) is 1. The number of hydrogen-bond acceptors (Lipinski definition) is 3. The Morgan fingerprint density at radius 2 is 1.69 bits per heavy atom. The molecule has 1 aliphatic rings. The second kappa shape index (κ2) is 8.26. The van der Waals surface area contributed by atoms with E-state index < -0.39 is 0 Å². The predicted octanol–water partition coefficient (Wildman–Crippen LogP) is 4.39. The van der Waals surface area contributed by atoms with Crippen molar-refractivity contribution in [3.63, 3.8) is 0 Å². The lowest BCUT2D eigenvalue weighted by molar-refractivity contribution is 0.0939. The average Bonchev–Trinajstić information content (AvgIpc) is 2.74. The number of aryl methyl sites for hydroxylation is 1. The van der Waals surface area contributed by atoms with Gasteiger partial charge in [0, 0.05) is 37.4 Å². The number of hydrogen-bond donors (Lipinski definition) is 1. The molecule has 0 spiro atoms. The highest BCUT2D eigenvalue weighted by Gasteiger charge is 2.19. The molecule has 0 saturated carbocycles. The van der Waals surface area contributed by atoms with Gasteiger partial charge in [-0.1, -0.05) is 48.5 Å². The molecule has 1 aliphatic heterocycles. The summed E-state index contributed by atoms with van der Waals surface area (Å²) in [6.45, 7) is 8.14. The first-order valence-corrected chi connectivity index (χ1v) is 10.4. The standard InChI is InChI=1S/C25H29N3O/c1-18-11-12-21(28-15-13-27(3)14-16-28)17-24(18)25(29)26-19(2)22-10-6-8-20-7-4-5-9-23(20)22/h4-12,17,19H,13-16H2,1-3H3,(H,26,29)/t19-/m1/s1. The number of piperazine rings is 1. The van der Waals surface area contributed by atoms with Crippen LogP contribution in [0, 0.1) is 6.92 Å². The molecule has 4 nitrogen and oxygen atoms in total. The van der Waals surface area contributed by atoms with Crippen LogP contribution in [0.1, 0.15) is 34.5 Å². The van der Waals surface area contributed by atoms with Crippen molar-refractivity contribution in [1.82, 2.24) is 10.2 Å². The maximum absolute atomic E-state index is 13.1. The van der Waals surface area contributed by atoms with E-state index in [1.807, 2.05) is 25.1 Å². The fraction of sp³-hybridized carbons (Fsp3) is 0.320. The summed E-state index contributed by atoms with van der Waals surface area (Å²) in [5.41, 5.74) is 4.04. The van der Waals surface area contributed by atoms with Crippen LogP contribution in [-0.2, 0) is 0 Å². The number of carbonyl (C=O) groups excluding carboxylic acids is 1. The molecule has 0 radical (unpaired) electrons. The first-order valence-electron chi connectivity index (χ1n) is 10.4. The summed E-state index contributed by atoms with van der Waals surface area (Å²) in [4.78, 5) is 17.8. The van der Waals surface area contributed by atoms with Crippen LogP contribution in [0.25, 0.3) is 10.8 Å². The molecular weight excluding hydrogens is 358 g/mol. The summed E-state index contributed by atoms with van der Waals surface area (Å²) in [6, 6.07) is 20.7. The molecule has 150 valence electrons. The predicted molar refractivity (Wildman–Crippen MR) is 121 cm³/mol. The van der Waals surface area contributed by atoms with Gasteiger partial charge in [-0.3, -0.25) is 4.79 Å². The summed E-state index contributed by atoms with van der Waals surface area (Å²) in [6.07, 6.45) is 0. The third-order valence-corrected chi connectivity index (χ3v) is 5.97. The van der Waals surface area contributed by atoms with Crippen molar-refractivity contribution in [3.8, 4) is 0 Å². The van der Waals surface area contributed by atoms with Crippen LogP contribution in [0.4, 0.5) is 5.69 Å². The molecule has 3 aromatic rings. The molecule has 29 heavy (non-hydrogen) atoms. The quantitative estimate of drug-likeness (QED) is 0.721. The Balaban J connectivity index is 1.55. The van der Waals surface area contributed by atoms with Crippen molar-refractivity contribution in [2.75, 3.05) is 38.1 Å². The minimum absolute atomic E-state index is 0.0149. The Labute approximate surface area is 173 Å². The highest BCUT2D eigenvalue weighted by atomic mass is 16.1. The van der Waals surface area contributed by atoms with Crippen molar-refractivity contribution in [2.24, 2.45) is 0 Å². The Bertz CT molecular complexity index is 1020. The van der Waals surface area contributed by atoms with Crippen LogP contribution in [0.15, 0.2) is 60.7 Å². The van der Waals surface area contributed by atoms with Gasteiger partial charge in [-0.25, -0.2) is 0 Å². The number of amides is 1. The van der Waals surface area contributed by atoms with Crippen LogP contribution < -0.4 is 10.2 Å². The lowest BCUT2D eigenvalue weighted by Gasteiger charge is -2.34.